The van der Waals surface area contributed by atoms with Gasteiger partial charge in [-0.3, -0.25) is 4.79 Å². The number of alkyl halides is 1. The molecule has 2 fully saturated rings. The third kappa shape index (κ3) is 4.69. The van der Waals surface area contributed by atoms with Crippen LogP contribution in [0.5, 0.6) is 0 Å². The first-order valence-electron chi connectivity index (χ1n) is 12.2. The average molecular weight is 481 g/mol. The number of piperidine rings is 1. The van der Waals surface area contributed by atoms with E-state index >= 15 is 4.39 Å². The third-order valence-electron chi connectivity index (χ3n) is 6.84. The summed E-state index contributed by atoms with van der Waals surface area (Å²) in [5.74, 6) is 0.00400. The van der Waals surface area contributed by atoms with Crippen LogP contribution in [-0.2, 0) is 4.79 Å². The smallest absolute Gasteiger partial charge is 0.229 e. The summed E-state index contributed by atoms with van der Waals surface area (Å²) in [6.45, 7) is 7.55. The van der Waals surface area contributed by atoms with Crippen LogP contribution in [0.15, 0.2) is 30.5 Å². The minimum atomic E-state index is -0.893. The van der Waals surface area contributed by atoms with Crippen molar-refractivity contribution >= 4 is 28.6 Å². The zero-order chi connectivity index (χ0) is 24.7. The number of carbonyl (C=O) groups is 1. The van der Waals surface area contributed by atoms with E-state index in [9.17, 15) is 9.18 Å². The largest absolute Gasteiger partial charge is 0.350 e. The van der Waals surface area contributed by atoms with E-state index in [0.717, 1.165) is 17.5 Å². The number of benzene rings is 1. The summed E-state index contributed by atoms with van der Waals surface area (Å²) < 4.78 is 28.8. The Hall–Kier alpha value is -3.20. The summed E-state index contributed by atoms with van der Waals surface area (Å²) >= 11 is 0. The van der Waals surface area contributed by atoms with E-state index in [-0.39, 0.29) is 23.8 Å². The number of aromatic nitrogens is 3. The number of hydrogen-bond acceptors (Lipinski definition) is 6. The molecule has 0 spiro atoms. The molecule has 2 aromatic heterocycles. The van der Waals surface area contributed by atoms with Crippen LogP contribution in [0, 0.1) is 11.7 Å². The number of rotatable bonds is 5. The van der Waals surface area contributed by atoms with Crippen molar-refractivity contribution in [1.29, 1.82) is 0 Å². The number of anilines is 2. The molecule has 2 aliphatic heterocycles. The maximum atomic E-state index is 15.1. The van der Waals surface area contributed by atoms with Gasteiger partial charge in [-0.2, -0.15) is 0 Å². The maximum Gasteiger partial charge on any atom is 0.229 e. The van der Waals surface area contributed by atoms with Crippen molar-refractivity contribution in [1.82, 2.24) is 20.3 Å². The van der Waals surface area contributed by atoms with Gasteiger partial charge in [-0.15, -0.1) is 0 Å². The fourth-order valence-corrected chi connectivity index (χ4v) is 4.83. The van der Waals surface area contributed by atoms with E-state index in [2.05, 4.69) is 29.5 Å². The SMILES string of the molecule is CC1CCN(c2ccc(-c3cc(C(C)C)c4nc(N[C@@H]5CNC[C@@H](F)C5)ncc4n3)cc2F)C1=O. The summed E-state index contributed by atoms with van der Waals surface area (Å²) in [5, 5.41) is 6.30. The van der Waals surface area contributed by atoms with Gasteiger partial charge in [0.2, 0.25) is 11.9 Å². The van der Waals surface area contributed by atoms with Crippen molar-refractivity contribution in [3.63, 3.8) is 0 Å². The molecule has 2 N–H and O–H groups in total. The Morgan fingerprint density at radius 3 is 2.71 bits per heavy atom. The molecule has 1 unspecified atom stereocenters. The molecule has 0 bridgehead atoms. The lowest BCUT2D eigenvalue weighted by Gasteiger charge is -2.26. The minimum Gasteiger partial charge on any atom is -0.350 e. The Labute approximate surface area is 203 Å². The van der Waals surface area contributed by atoms with Gasteiger partial charge in [0.25, 0.3) is 0 Å². The molecule has 0 saturated carbocycles. The second-order valence-corrected chi connectivity index (χ2v) is 9.86. The predicted molar refractivity (Wildman–Crippen MR) is 133 cm³/mol. The molecule has 4 heterocycles. The first-order chi connectivity index (χ1) is 16.8. The number of amides is 1. The molecule has 35 heavy (non-hydrogen) atoms. The molecule has 3 atom stereocenters. The third-order valence-corrected chi connectivity index (χ3v) is 6.84. The lowest BCUT2D eigenvalue weighted by Crippen LogP contribution is -2.44. The zero-order valence-electron chi connectivity index (χ0n) is 20.2. The van der Waals surface area contributed by atoms with E-state index < -0.39 is 12.0 Å². The van der Waals surface area contributed by atoms with Crippen LogP contribution in [0.3, 0.4) is 0 Å². The molecule has 9 heteroatoms. The number of hydrogen-bond donors (Lipinski definition) is 2. The standard InChI is InChI=1S/C26H30F2N6O/c1-14(2)19-10-21(16-4-5-23(20(28)8-16)34-7-6-15(3)25(34)35)32-22-13-30-26(33-24(19)22)31-18-9-17(27)11-29-12-18/h4-5,8,10,13-15,17-18,29H,6-7,9,11-12H2,1-3H3,(H,30,31,33)/t15?,17-,18-/m0/s1. The Kier molecular flexibility index (Phi) is 6.35. The highest BCUT2D eigenvalue weighted by Crippen LogP contribution is 2.33. The van der Waals surface area contributed by atoms with Crippen molar-refractivity contribution in [2.45, 2.75) is 51.7 Å². The summed E-state index contributed by atoms with van der Waals surface area (Å²) in [5.41, 5.74) is 3.84. The molecule has 184 valence electrons. The lowest BCUT2D eigenvalue weighted by molar-refractivity contribution is -0.119. The van der Waals surface area contributed by atoms with Gasteiger partial charge in [-0.05, 0) is 36.1 Å². The number of fused-ring (bicyclic) bond motifs is 1. The van der Waals surface area contributed by atoms with Crippen LogP contribution >= 0.6 is 0 Å². The molecule has 1 aromatic carbocycles. The van der Waals surface area contributed by atoms with Crippen LogP contribution in [-0.4, -0.2) is 52.7 Å². The normalized spacial score (nSPS) is 22.9. The Balaban J connectivity index is 1.47. The molecule has 2 aliphatic rings. The van der Waals surface area contributed by atoms with Gasteiger partial charge in [0, 0.05) is 43.6 Å². The highest BCUT2D eigenvalue weighted by molar-refractivity contribution is 5.97. The predicted octanol–water partition coefficient (Wildman–Crippen LogP) is 4.44. The summed E-state index contributed by atoms with van der Waals surface area (Å²) in [4.78, 5) is 27.7. The van der Waals surface area contributed by atoms with Crippen molar-refractivity contribution in [2.75, 3.05) is 29.9 Å². The number of nitrogens with one attached hydrogen (secondary N) is 2. The van der Waals surface area contributed by atoms with E-state index in [1.165, 1.54) is 11.0 Å². The van der Waals surface area contributed by atoms with Crippen LogP contribution in [0.4, 0.5) is 20.4 Å². The van der Waals surface area contributed by atoms with E-state index in [1.54, 1.807) is 18.3 Å². The summed E-state index contributed by atoms with van der Waals surface area (Å²) in [7, 11) is 0. The number of carbonyl (C=O) groups excluding carboxylic acids is 1. The van der Waals surface area contributed by atoms with E-state index in [1.807, 2.05) is 13.0 Å². The van der Waals surface area contributed by atoms with Gasteiger partial charge in [0.05, 0.1) is 23.1 Å². The van der Waals surface area contributed by atoms with Gasteiger partial charge < -0.3 is 15.5 Å². The topological polar surface area (TPSA) is 83.0 Å². The van der Waals surface area contributed by atoms with Crippen molar-refractivity contribution in [2.24, 2.45) is 5.92 Å². The van der Waals surface area contributed by atoms with Crippen LogP contribution in [0.2, 0.25) is 0 Å². The molecule has 2 saturated heterocycles. The first-order valence-corrected chi connectivity index (χ1v) is 12.2. The number of halogens is 2. The monoisotopic (exact) mass is 480 g/mol. The van der Waals surface area contributed by atoms with Crippen molar-refractivity contribution < 1.29 is 13.6 Å². The summed E-state index contributed by atoms with van der Waals surface area (Å²) in [6.07, 6.45) is 1.90. The number of nitrogens with zero attached hydrogens (tertiary/aromatic N) is 4. The Bertz CT molecular complexity index is 1270. The zero-order valence-corrected chi connectivity index (χ0v) is 20.2. The molecule has 5 rings (SSSR count). The maximum absolute atomic E-state index is 15.1. The summed E-state index contributed by atoms with van der Waals surface area (Å²) in [6, 6.07) is 6.73. The Morgan fingerprint density at radius 1 is 1.20 bits per heavy atom. The highest BCUT2D eigenvalue weighted by atomic mass is 19.1. The van der Waals surface area contributed by atoms with Crippen LogP contribution in [0.1, 0.15) is 45.1 Å². The molecular formula is C26H30F2N6O. The van der Waals surface area contributed by atoms with Gasteiger partial charge >= 0.3 is 0 Å². The second-order valence-electron chi connectivity index (χ2n) is 9.86. The van der Waals surface area contributed by atoms with E-state index in [4.69, 9.17) is 9.97 Å². The van der Waals surface area contributed by atoms with Crippen molar-refractivity contribution in [3.8, 4) is 11.3 Å². The second kappa shape index (κ2) is 9.45. The minimum absolute atomic E-state index is 0.0461. The first kappa shape index (κ1) is 23.5. The molecule has 0 aliphatic carbocycles. The van der Waals surface area contributed by atoms with Crippen molar-refractivity contribution in [3.05, 3.63) is 41.8 Å². The van der Waals surface area contributed by atoms with Gasteiger partial charge in [-0.25, -0.2) is 23.7 Å². The molecule has 3 aromatic rings. The van der Waals surface area contributed by atoms with Gasteiger partial charge in [0.15, 0.2) is 0 Å². The molecular weight excluding hydrogens is 450 g/mol. The number of pyridine rings is 1. The van der Waals surface area contributed by atoms with Crippen LogP contribution in [0.25, 0.3) is 22.3 Å². The molecule has 7 nitrogen and oxygen atoms in total. The van der Waals surface area contributed by atoms with Gasteiger partial charge in [-0.1, -0.05) is 26.8 Å². The average Bonchev–Trinajstić information content (AvgIpc) is 3.16. The lowest BCUT2D eigenvalue weighted by atomic mass is 9.99. The quantitative estimate of drug-likeness (QED) is 0.562. The van der Waals surface area contributed by atoms with Gasteiger partial charge in [0.1, 0.15) is 17.5 Å². The van der Waals surface area contributed by atoms with E-state index in [0.29, 0.717) is 54.5 Å². The molecule has 0 radical (unpaired) electrons. The Morgan fingerprint density at radius 2 is 2.03 bits per heavy atom. The highest BCUT2D eigenvalue weighted by Gasteiger charge is 2.30. The fourth-order valence-electron chi connectivity index (χ4n) is 4.83. The van der Waals surface area contributed by atoms with Crippen LogP contribution < -0.4 is 15.5 Å². The molecule has 1 amide bonds. The fraction of sp³-hybridized carbons (Fsp3) is 0.462.